The van der Waals surface area contributed by atoms with Gasteiger partial charge >= 0.3 is 5.97 Å². The van der Waals surface area contributed by atoms with E-state index in [0.29, 0.717) is 28.8 Å². The summed E-state index contributed by atoms with van der Waals surface area (Å²) in [7, 11) is 0. The van der Waals surface area contributed by atoms with Crippen molar-refractivity contribution in [2.24, 2.45) is 5.92 Å². The van der Waals surface area contributed by atoms with Crippen LogP contribution in [0.5, 0.6) is 0 Å². The van der Waals surface area contributed by atoms with Crippen molar-refractivity contribution in [2.75, 3.05) is 26.2 Å². The predicted octanol–water partition coefficient (Wildman–Crippen LogP) is 5.50. The molecule has 5 nitrogen and oxygen atoms in total. The molecule has 182 valence electrons. The Morgan fingerprint density at radius 3 is 2.65 bits per heavy atom. The summed E-state index contributed by atoms with van der Waals surface area (Å²) in [4.78, 5) is 17.0. The second-order valence-electron chi connectivity index (χ2n) is 8.70. The Hall–Kier alpha value is -2.19. The van der Waals surface area contributed by atoms with E-state index in [1.807, 2.05) is 41.1 Å². The molecular weight excluding hydrogens is 466 g/mol. The summed E-state index contributed by atoms with van der Waals surface area (Å²) in [5.41, 5.74) is -1.76. The molecule has 1 saturated heterocycles. The summed E-state index contributed by atoms with van der Waals surface area (Å²) in [6, 6.07) is 7.29. The van der Waals surface area contributed by atoms with Crippen molar-refractivity contribution in [3.8, 4) is 0 Å². The molecule has 0 saturated carbocycles. The fourth-order valence-corrected chi connectivity index (χ4v) is 6.21. The Balaban J connectivity index is 1.36. The maximum atomic E-state index is 13.4. The Morgan fingerprint density at radius 1 is 1.21 bits per heavy atom. The van der Waals surface area contributed by atoms with Crippen LogP contribution in [0.15, 0.2) is 71.2 Å². The van der Waals surface area contributed by atoms with Gasteiger partial charge in [0.2, 0.25) is 5.60 Å². The van der Waals surface area contributed by atoms with Crippen LogP contribution >= 0.6 is 22.7 Å². The number of hydrogen-bond acceptors (Lipinski definition) is 7. The molecular formula is C27H33NO4S2. The number of rotatable bonds is 10. The molecule has 2 aromatic rings. The first-order chi connectivity index (χ1) is 16.6. The molecule has 2 aromatic heterocycles. The maximum absolute atomic E-state index is 13.4. The fraction of sp³-hybridized carbons (Fsp3) is 0.444. The summed E-state index contributed by atoms with van der Waals surface area (Å²) >= 11 is 2.74. The van der Waals surface area contributed by atoms with Crippen LogP contribution in [-0.2, 0) is 19.9 Å². The third kappa shape index (κ3) is 5.89. The van der Waals surface area contributed by atoms with E-state index in [4.69, 9.17) is 9.47 Å². The van der Waals surface area contributed by atoms with Gasteiger partial charge in [-0.3, -0.25) is 4.90 Å². The maximum Gasteiger partial charge on any atom is 0.349 e. The monoisotopic (exact) mass is 499 g/mol. The van der Waals surface area contributed by atoms with Gasteiger partial charge in [-0.1, -0.05) is 37.3 Å². The van der Waals surface area contributed by atoms with Gasteiger partial charge in [0.25, 0.3) is 0 Å². The first-order valence-corrected chi connectivity index (χ1v) is 13.8. The van der Waals surface area contributed by atoms with Crippen LogP contribution in [0.25, 0.3) is 0 Å². The topological polar surface area (TPSA) is 59.0 Å². The Labute approximate surface area is 210 Å². The number of carbonyl (C=O) groups excluding carboxylic acids is 1. The van der Waals surface area contributed by atoms with Gasteiger partial charge in [0.15, 0.2) is 0 Å². The highest BCUT2D eigenvalue weighted by Gasteiger charge is 2.46. The molecule has 7 heteroatoms. The lowest BCUT2D eigenvalue weighted by atomic mass is 9.90. The number of nitrogens with zero attached hydrogens (tertiary/aromatic N) is 1. The fourth-order valence-electron chi connectivity index (χ4n) is 4.49. The average molecular weight is 500 g/mol. The number of allylic oxidation sites excluding steroid dienone is 5. The Kier molecular flexibility index (Phi) is 8.78. The highest BCUT2D eigenvalue weighted by atomic mass is 32.1. The molecule has 4 rings (SSSR count). The van der Waals surface area contributed by atoms with Crippen LogP contribution in [0.1, 0.15) is 42.4 Å². The number of ether oxygens (including phenoxy) is 2. The molecule has 0 amide bonds. The Bertz CT molecular complexity index is 960. The van der Waals surface area contributed by atoms with Crippen molar-refractivity contribution in [3.05, 3.63) is 80.9 Å². The predicted molar refractivity (Wildman–Crippen MR) is 138 cm³/mol. The van der Waals surface area contributed by atoms with E-state index < -0.39 is 11.6 Å². The molecule has 1 fully saturated rings. The molecule has 0 bridgehead atoms. The van der Waals surface area contributed by atoms with Gasteiger partial charge in [0.1, 0.15) is 11.9 Å². The van der Waals surface area contributed by atoms with Crippen LogP contribution in [-0.4, -0.2) is 48.3 Å². The van der Waals surface area contributed by atoms with Gasteiger partial charge in [-0.2, -0.15) is 0 Å². The second kappa shape index (κ2) is 12.0. The van der Waals surface area contributed by atoms with E-state index in [1.54, 1.807) is 12.1 Å². The number of esters is 1. The standard InChI is InChI=1S/C27H33NO4S2/c1-2-21-14-16-28(15-9-17-31-22-10-5-3-4-6-11-22)20-23(21)32-26(29)27(30,24-12-7-18-33-24)25-13-8-19-34-25/h3-5,7-8,10-13,18-19,21,23,30H,2,6,9,14-17,20H2,1H3. The number of piperidine rings is 1. The quantitative estimate of drug-likeness (QED) is 0.346. The van der Waals surface area contributed by atoms with Crippen molar-refractivity contribution in [3.63, 3.8) is 0 Å². The average Bonchev–Trinajstić information content (AvgIpc) is 3.54. The number of likely N-dealkylation sites (tertiary alicyclic amines) is 1. The van der Waals surface area contributed by atoms with Gasteiger partial charge in [-0.05, 0) is 73.2 Å². The second-order valence-corrected chi connectivity index (χ2v) is 10.6. The normalized spacial score (nSPS) is 21.2. The highest BCUT2D eigenvalue weighted by molar-refractivity contribution is 7.12. The summed E-state index contributed by atoms with van der Waals surface area (Å²) < 4.78 is 12.0. The molecule has 2 aliphatic rings. The van der Waals surface area contributed by atoms with E-state index in [-0.39, 0.29) is 6.10 Å². The van der Waals surface area contributed by atoms with Gasteiger partial charge in [-0.25, -0.2) is 4.79 Å². The summed E-state index contributed by atoms with van der Waals surface area (Å²) in [5.74, 6) is 0.635. The van der Waals surface area contributed by atoms with E-state index >= 15 is 0 Å². The minimum Gasteiger partial charge on any atom is -0.494 e. The molecule has 2 unspecified atom stereocenters. The first kappa shape index (κ1) is 24.9. The van der Waals surface area contributed by atoms with Crippen LogP contribution in [0, 0.1) is 5.92 Å². The smallest absolute Gasteiger partial charge is 0.349 e. The minimum absolute atomic E-state index is 0.239. The van der Waals surface area contributed by atoms with Gasteiger partial charge in [0, 0.05) is 13.1 Å². The van der Waals surface area contributed by atoms with Crippen molar-refractivity contribution in [1.29, 1.82) is 0 Å². The largest absolute Gasteiger partial charge is 0.494 e. The van der Waals surface area contributed by atoms with E-state index in [9.17, 15) is 9.90 Å². The Morgan fingerprint density at radius 2 is 1.97 bits per heavy atom. The number of thiophene rings is 2. The van der Waals surface area contributed by atoms with Crippen LogP contribution < -0.4 is 0 Å². The molecule has 2 atom stereocenters. The molecule has 0 radical (unpaired) electrons. The van der Waals surface area contributed by atoms with Crippen molar-refractivity contribution < 1.29 is 19.4 Å². The molecule has 1 N–H and O–H groups in total. The zero-order chi connectivity index (χ0) is 23.8. The summed E-state index contributed by atoms with van der Waals surface area (Å²) in [6.45, 7) is 5.36. The van der Waals surface area contributed by atoms with Crippen LogP contribution in [0.3, 0.4) is 0 Å². The SMILES string of the molecule is CCC1CCN(CCCOC2=CCC=CC=C2)CC1OC(=O)C(O)(c1cccs1)c1cccs1. The molecule has 3 heterocycles. The highest BCUT2D eigenvalue weighted by Crippen LogP contribution is 2.38. The lowest BCUT2D eigenvalue weighted by Gasteiger charge is -2.39. The lowest BCUT2D eigenvalue weighted by Crippen LogP contribution is -2.49. The van der Waals surface area contributed by atoms with Gasteiger partial charge in [-0.15, -0.1) is 22.7 Å². The van der Waals surface area contributed by atoms with E-state index in [0.717, 1.165) is 44.5 Å². The summed E-state index contributed by atoms with van der Waals surface area (Å²) in [5, 5.41) is 15.3. The van der Waals surface area contributed by atoms with Crippen LogP contribution in [0.4, 0.5) is 0 Å². The third-order valence-electron chi connectivity index (χ3n) is 6.46. The van der Waals surface area contributed by atoms with E-state index in [2.05, 4.69) is 24.0 Å². The third-order valence-corrected chi connectivity index (χ3v) is 8.42. The van der Waals surface area contributed by atoms with Crippen molar-refractivity contribution in [1.82, 2.24) is 4.90 Å². The van der Waals surface area contributed by atoms with Crippen molar-refractivity contribution in [2.45, 2.75) is 44.3 Å². The molecule has 0 spiro atoms. The van der Waals surface area contributed by atoms with Gasteiger partial charge < -0.3 is 14.6 Å². The number of hydrogen-bond donors (Lipinski definition) is 1. The molecule has 34 heavy (non-hydrogen) atoms. The van der Waals surface area contributed by atoms with Crippen molar-refractivity contribution >= 4 is 28.6 Å². The zero-order valence-corrected chi connectivity index (χ0v) is 21.2. The van der Waals surface area contributed by atoms with Crippen LogP contribution in [0.2, 0.25) is 0 Å². The summed E-state index contributed by atoms with van der Waals surface area (Å²) in [6.07, 6.45) is 13.7. The van der Waals surface area contributed by atoms with E-state index in [1.165, 1.54) is 22.7 Å². The molecule has 0 aromatic carbocycles. The van der Waals surface area contributed by atoms with Gasteiger partial charge in [0.05, 0.1) is 16.4 Å². The lowest BCUT2D eigenvalue weighted by molar-refractivity contribution is -0.173. The molecule has 1 aliphatic heterocycles. The number of aliphatic hydroxyl groups is 1. The molecule has 1 aliphatic carbocycles. The minimum atomic E-state index is -1.76. The number of carbonyl (C=O) groups is 1. The zero-order valence-electron chi connectivity index (χ0n) is 19.6. The first-order valence-electron chi connectivity index (χ1n) is 12.0.